The minimum Gasteiger partial charge on any atom is -0.461 e. The number of anilines is 1. The Morgan fingerprint density at radius 2 is 1.92 bits per heavy atom. The second kappa shape index (κ2) is 6.59. The summed E-state index contributed by atoms with van der Waals surface area (Å²) < 4.78 is 6.79. The first-order valence-corrected chi connectivity index (χ1v) is 8.99. The molecule has 0 saturated carbocycles. The van der Waals surface area contributed by atoms with E-state index in [0.29, 0.717) is 38.1 Å². The highest BCUT2D eigenvalue weighted by Crippen LogP contribution is 2.31. The molecular formula is C16H11Cl2N5OS. The van der Waals surface area contributed by atoms with Crippen LogP contribution in [-0.4, -0.2) is 19.6 Å². The second-order valence-corrected chi connectivity index (χ2v) is 6.93. The van der Waals surface area contributed by atoms with Crippen LogP contribution < -0.4 is 5.73 Å². The monoisotopic (exact) mass is 391 g/mol. The van der Waals surface area contributed by atoms with Crippen LogP contribution in [0.15, 0.2) is 52.1 Å². The maximum absolute atomic E-state index is 6.20. The van der Waals surface area contributed by atoms with Gasteiger partial charge in [0.05, 0.1) is 6.26 Å². The van der Waals surface area contributed by atoms with E-state index in [4.69, 9.17) is 33.4 Å². The summed E-state index contributed by atoms with van der Waals surface area (Å²) in [4.78, 5) is 8.79. The fraction of sp³-hybridized carbons (Fsp3) is 0.0625. The van der Waals surface area contributed by atoms with E-state index in [0.717, 1.165) is 5.56 Å². The minimum atomic E-state index is 0.246. The van der Waals surface area contributed by atoms with Gasteiger partial charge in [-0.1, -0.05) is 29.3 Å². The van der Waals surface area contributed by atoms with Crippen molar-refractivity contribution in [3.63, 3.8) is 0 Å². The summed E-state index contributed by atoms with van der Waals surface area (Å²) in [5, 5.41) is 6.27. The molecule has 1 aromatic carbocycles. The molecule has 0 amide bonds. The van der Waals surface area contributed by atoms with E-state index < -0.39 is 0 Å². The number of thioether (sulfide) groups is 1. The normalized spacial score (nSPS) is 11.3. The standard InChI is InChI=1S/C16H11Cl2N5OS/c17-10-3-1-4-11(18)9(10)8-25-14-7-13-20-15(12-5-2-6-24-12)22-23(13)16(19)21-14/h1-7H,8H2,(H2,19,21). The van der Waals surface area contributed by atoms with Crippen molar-refractivity contribution >= 4 is 46.6 Å². The smallest absolute Gasteiger partial charge is 0.224 e. The number of hydrogen-bond donors (Lipinski definition) is 1. The van der Waals surface area contributed by atoms with Crippen LogP contribution in [0, 0.1) is 0 Å². The molecule has 9 heteroatoms. The molecule has 25 heavy (non-hydrogen) atoms. The van der Waals surface area contributed by atoms with Gasteiger partial charge in [-0.15, -0.1) is 16.9 Å². The van der Waals surface area contributed by atoms with E-state index in [1.54, 1.807) is 18.4 Å². The van der Waals surface area contributed by atoms with Gasteiger partial charge in [-0.25, -0.2) is 9.97 Å². The summed E-state index contributed by atoms with van der Waals surface area (Å²) in [6.07, 6.45) is 1.57. The third-order valence-electron chi connectivity index (χ3n) is 3.49. The van der Waals surface area contributed by atoms with Crippen LogP contribution in [0.1, 0.15) is 5.56 Å². The lowest BCUT2D eigenvalue weighted by atomic mass is 10.2. The lowest BCUT2D eigenvalue weighted by Crippen LogP contribution is -2.02. The molecule has 126 valence electrons. The van der Waals surface area contributed by atoms with Crippen LogP contribution in [0.4, 0.5) is 5.95 Å². The number of nitrogens with zero attached hydrogens (tertiary/aromatic N) is 4. The maximum Gasteiger partial charge on any atom is 0.224 e. The fourth-order valence-corrected chi connectivity index (χ4v) is 3.93. The predicted octanol–water partition coefficient (Wildman–Crippen LogP) is 4.57. The molecule has 0 aliphatic carbocycles. The summed E-state index contributed by atoms with van der Waals surface area (Å²) in [6, 6.07) is 10.8. The van der Waals surface area contributed by atoms with Crippen molar-refractivity contribution in [3.8, 4) is 11.6 Å². The molecule has 3 heterocycles. The average molecular weight is 392 g/mol. The number of halogens is 2. The highest BCUT2D eigenvalue weighted by Gasteiger charge is 2.13. The second-order valence-electron chi connectivity index (χ2n) is 5.12. The molecule has 2 N–H and O–H groups in total. The molecule has 0 aliphatic rings. The summed E-state index contributed by atoms with van der Waals surface area (Å²) in [5.74, 6) is 1.84. The van der Waals surface area contributed by atoms with Crippen LogP contribution >= 0.6 is 35.0 Å². The van der Waals surface area contributed by atoms with Gasteiger partial charge in [-0.2, -0.15) is 4.52 Å². The van der Waals surface area contributed by atoms with Crippen LogP contribution in [0.2, 0.25) is 10.0 Å². The Balaban J connectivity index is 1.64. The largest absolute Gasteiger partial charge is 0.461 e. The van der Waals surface area contributed by atoms with Gasteiger partial charge < -0.3 is 10.2 Å². The Hall–Kier alpha value is -2.22. The van der Waals surface area contributed by atoms with E-state index in [-0.39, 0.29) is 5.95 Å². The number of nitrogen functional groups attached to an aromatic ring is 1. The zero-order valence-electron chi connectivity index (χ0n) is 12.7. The summed E-state index contributed by atoms with van der Waals surface area (Å²) in [6.45, 7) is 0. The minimum absolute atomic E-state index is 0.246. The van der Waals surface area contributed by atoms with E-state index in [2.05, 4.69) is 15.1 Å². The zero-order valence-corrected chi connectivity index (χ0v) is 15.0. The Morgan fingerprint density at radius 3 is 2.64 bits per heavy atom. The SMILES string of the molecule is Nc1nc(SCc2c(Cl)cccc2Cl)cc2nc(-c3ccco3)nn12. The Kier molecular flexibility index (Phi) is 4.29. The number of hydrogen-bond acceptors (Lipinski definition) is 6. The summed E-state index contributed by atoms with van der Waals surface area (Å²) in [5.41, 5.74) is 7.45. The molecule has 4 aromatic rings. The Morgan fingerprint density at radius 1 is 1.12 bits per heavy atom. The first-order valence-electron chi connectivity index (χ1n) is 7.24. The van der Waals surface area contributed by atoms with E-state index >= 15 is 0 Å². The van der Waals surface area contributed by atoms with E-state index in [1.165, 1.54) is 16.3 Å². The number of rotatable bonds is 4. The molecule has 0 atom stereocenters. The molecule has 4 rings (SSSR count). The summed E-state index contributed by atoms with van der Waals surface area (Å²) >= 11 is 13.9. The quantitative estimate of drug-likeness (QED) is 0.405. The van der Waals surface area contributed by atoms with Gasteiger partial charge in [0, 0.05) is 21.9 Å². The fourth-order valence-electron chi connectivity index (χ4n) is 2.29. The number of aromatic nitrogens is 4. The molecule has 0 unspecified atom stereocenters. The summed E-state index contributed by atoms with van der Waals surface area (Å²) in [7, 11) is 0. The van der Waals surface area contributed by atoms with Crippen molar-refractivity contribution in [2.75, 3.05) is 5.73 Å². The van der Waals surface area contributed by atoms with E-state index in [9.17, 15) is 0 Å². The van der Waals surface area contributed by atoms with Gasteiger partial charge >= 0.3 is 0 Å². The van der Waals surface area contributed by atoms with Gasteiger partial charge in [0.25, 0.3) is 0 Å². The molecular weight excluding hydrogens is 381 g/mol. The third kappa shape index (κ3) is 3.18. The van der Waals surface area contributed by atoms with Crippen molar-refractivity contribution in [2.24, 2.45) is 0 Å². The molecule has 3 aromatic heterocycles. The third-order valence-corrected chi connectivity index (χ3v) is 5.14. The highest BCUT2D eigenvalue weighted by atomic mass is 35.5. The molecule has 0 saturated heterocycles. The van der Waals surface area contributed by atoms with Crippen molar-refractivity contribution in [1.29, 1.82) is 0 Å². The lowest BCUT2D eigenvalue weighted by Gasteiger charge is -2.07. The van der Waals surface area contributed by atoms with Crippen LogP contribution in [0.5, 0.6) is 0 Å². The number of benzene rings is 1. The topological polar surface area (TPSA) is 82.2 Å². The average Bonchev–Trinajstić information content (AvgIpc) is 3.23. The molecule has 0 radical (unpaired) electrons. The molecule has 0 bridgehead atoms. The van der Waals surface area contributed by atoms with Gasteiger partial charge in [0.2, 0.25) is 11.8 Å². The Bertz CT molecular complexity index is 1030. The Labute approximate surface area is 157 Å². The van der Waals surface area contributed by atoms with Crippen molar-refractivity contribution in [1.82, 2.24) is 19.6 Å². The molecule has 0 spiro atoms. The van der Waals surface area contributed by atoms with Gasteiger partial charge in [0.15, 0.2) is 11.4 Å². The molecule has 6 nitrogen and oxygen atoms in total. The highest BCUT2D eigenvalue weighted by molar-refractivity contribution is 7.98. The van der Waals surface area contributed by atoms with Crippen molar-refractivity contribution in [2.45, 2.75) is 10.8 Å². The van der Waals surface area contributed by atoms with Crippen LogP contribution in [0.3, 0.4) is 0 Å². The van der Waals surface area contributed by atoms with Gasteiger partial charge in [0.1, 0.15) is 5.03 Å². The van der Waals surface area contributed by atoms with Gasteiger partial charge in [-0.05, 0) is 29.8 Å². The molecule has 0 fully saturated rings. The number of nitrogens with two attached hydrogens (primary N) is 1. The van der Waals surface area contributed by atoms with Crippen molar-refractivity contribution in [3.05, 3.63) is 58.3 Å². The van der Waals surface area contributed by atoms with Gasteiger partial charge in [-0.3, -0.25) is 0 Å². The predicted molar refractivity (Wildman–Crippen MR) is 98.9 cm³/mol. The first kappa shape index (κ1) is 16.3. The van der Waals surface area contributed by atoms with Crippen LogP contribution in [-0.2, 0) is 5.75 Å². The zero-order chi connectivity index (χ0) is 17.4. The number of furan rings is 1. The molecule has 0 aliphatic heterocycles. The van der Waals surface area contributed by atoms with Crippen LogP contribution in [0.25, 0.3) is 17.2 Å². The van der Waals surface area contributed by atoms with E-state index in [1.807, 2.05) is 24.3 Å². The van der Waals surface area contributed by atoms with Crippen molar-refractivity contribution < 1.29 is 4.42 Å². The maximum atomic E-state index is 6.20. The lowest BCUT2D eigenvalue weighted by molar-refractivity contribution is 0.577. The first-order chi connectivity index (χ1) is 12.1. The number of fused-ring (bicyclic) bond motifs is 1.